The molecule has 0 aliphatic carbocycles. The molecule has 1 aromatic carbocycles. The molecule has 0 atom stereocenters. The number of benzene rings is 1. The molecule has 1 saturated heterocycles. The first-order valence-corrected chi connectivity index (χ1v) is 7.37. The molecule has 1 aliphatic rings. The zero-order valence-electron chi connectivity index (χ0n) is 12.3. The monoisotopic (exact) mass is 285 g/mol. The number of aromatic nitrogens is 3. The Morgan fingerprint density at radius 3 is 2.52 bits per heavy atom. The van der Waals surface area contributed by atoms with Gasteiger partial charge in [0.2, 0.25) is 11.9 Å². The smallest absolute Gasteiger partial charge is 0.232 e. The highest BCUT2D eigenvalue weighted by Gasteiger charge is 2.18. The third kappa shape index (κ3) is 3.66. The molecule has 1 fully saturated rings. The van der Waals surface area contributed by atoms with Crippen molar-refractivity contribution in [2.45, 2.75) is 26.3 Å². The van der Waals surface area contributed by atoms with Crippen LogP contribution in [0.15, 0.2) is 24.3 Å². The first-order chi connectivity index (χ1) is 10.2. The fraction of sp³-hybridized carbons (Fsp3) is 0.400. The zero-order chi connectivity index (χ0) is 14.7. The molecule has 0 amide bonds. The molecule has 0 radical (unpaired) electrons. The Labute approximate surface area is 124 Å². The summed E-state index contributed by atoms with van der Waals surface area (Å²) in [7, 11) is 0. The molecular weight excluding hydrogens is 264 g/mol. The van der Waals surface area contributed by atoms with Crippen LogP contribution in [0.5, 0.6) is 0 Å². The number of nitrogen functional groups attached to an aromatic ring is 1. The second-order valence-corrected chi connectivity index (χ2v) is 5.56. The van der Waals surface area contributed by atoms with Crippen LogP contribution in [0.2, 0.25) is 0 Å². The van der Waals surface area contributed by atoms with Gasteiger partial charge in [-0.1, -0.05) is 17.7 Å². The number of rotatable bonds is 4. The van der Waals surface area contributed by atoms with Gasteiger partial charge in [-0.05, 0) is 19.1 Å². The maximum Gasteiger partial charge on any atom is 0.232 e. The van der Waals surface area contributed by atoms with Gasteiger partial charge in [-0.3, -0.25) is 0 Å². The first-order valence-electron chi connectivity index (χ1n) is 7.37. The van der Waals surface area contributed by atoms with E-state index in [1.165, 1.54) is 36.4 Å². The SMILES string of the molecule is Cc1ccc(Nc2nc(N)nc(C[NH+]3CCCC3)n2)cc1. The highest BCUT2D eigenvalue weighted by molar-refractivity contribution is 5.54. The minimum absolute atomic E-state index is 0.271. The molecule has 2 aromatic rings. The van der Waals surface area contributed by atoms with Crippen molar-refractivity contribution in [3.63, 3.8) is 0 Å². The van der Waals surface area contributed by atoms with Crippen molar-refractivity contribution in [2.75, 3.05) is 24.1 Å². The lowest BCUT2D eigenvalue weighted by Gasteiger charge is -2.12. The van der Waals surface area contributed by atoms with Gasteiger partial charge in [0, 0.05) is 18.5 Å². The average Bonchev–Trinajstić information content (AvgIpc) is 2.93. The topological polar surface area (TPSA) is 81.2 Å². The summed E-state index contributed by atoms with van der Waals surface area (Å²) in [6.07, 6.45) is 2.56. The van der Waals surface area contributed by atoms with Gasteiger partial charge >= 0.3 is 0 Å². The third-order valence-electron chi connectivity index (χ3n) is 3.73. The largest absolute Gasteiger partial charge is 0.368 e. The minimum atomic E-state index is 0.271. The van der Waals surface area contributed by atoms with Gasteiger partial charge in [0.1, 0.15) is 6.54 Å². The van der Waals surface area contributed by atoms with Crippen LogP contribution in [-0.2, 0) is 6.54 Å². The maximum absolute atomic E-state index is 5.80. The van der Waals surface area contributed by atoms with E-state index in [2.05, 4.69) is 27.2 Å². The van der Waals surface area contributed by atoms with Crippen molar-refractivity contribution in [1.29, 1.82) is 0 Å². The normalized spacial score (nSPS) is 15.3. The molecule has 110 valence electrons. The predicted molar refractivity (Wildman–Crippen MR) is 82.3 cm³/mol. The number of aryl methyl sites for hydroxylation is 1. The molecule has 21 heavy (non-hydrogen) atoms. The van der Waals surface area contributed by atoms with Crippen LogP contribution >= 0.6 is 0 Å². The minimum Gasteiger partial charge on any atom is -0.368 e. The van der Waals surface area contributed by atoms with Crippen LogP contribution in [0.1, 0.15) is 24.2 Å². The Balaban J connectivity index is 1.75. The number of likely N-dealkylation sites (tertiary alicyclic amines) is 1. The number of nitrogens with zero attached hydrogens (tertiary/aromatic N) is 3. The van der Waals surface area contributed by atoms with E-state index in [0.29, 0.717) is 5.95 Å². The molecule has 3 rings (SSSR count). The van der Waals surface area contributed by atoms with Crippen molar-refractivity contribution >= 4 is 17.6 Å². The van der Waals surface area contributed by atoms with Crippen LogP contribution in [0.4, 0.5) is 17.6 Å². The molecular formula is C15H21N6+. The molecule has 4 N–H and O–H groups in total. The van der Waals surface area contributed by atoms with E-state index in [1.807, 2.05) is 24.3 Å². The van der Waals surface area contributed by atoms with Crippen molar-refractivity contribution in [3.8, 4) is 0 Å². The number of hydrogen-bond acceptors (Lipinski definition) is 5. The van der Waals surface area contributed by atoms with E-state index in [-0.39, 0.29) is 5.95 Å². The standard InChI is InChI=1S/C15H20N6/c1-11-4-6-12(7-5-11)17-15-19-13(18-14(16)20-15)10-21-8-2-3-9-21/h4-7H,2-3,8-10H2,1H3,(H3,16,17,18,19,20)/p+1. The number of nitrogens with one attached hydrogen (secondary N) is 2. The van der Waals surface area contributed by atoms with E-state index in [0.717, 1.165) is 18.1 Å². The summed E-state index contributed by atoms with van der Waals surface area (Å²) < 4.78 is 0. The fourth-order valence-corrected chi connectivity index (χ4v) is 2.61. The molecule has 1 aliphatic heterocycles. The van der Waals surface area contributed by atoms with Gasteiger partial charge in [-0.15, -0.1) is 0 Å². The Morgan fingerprint density at radius 1 is 1.10 bits per heavy atom. The summed E-state index contributed by atoms with van der Waals surface area (Å²) in [6, 6.07) is 8.09. The van der Waals surface area contributed by atoms with Crippen LogP contribution in [-0.4, -0.2) is 28.0 Å². The molecule has 6 heteroatoms. The molecule has 6 nitrogen and oxygen atoms in total. The lowest BCUT2D eigenvalue weighted by atomic mass is 10.2. The van der Waals surface area contributed by atoms with Crippen LogP contribution < -0.4 is 16.0 Å². The number of quaternary nitrogens is 1. The third-order valence-corrected chi connectivity index (χ3v) is 3.73. The van der Waals surface area contributed by atoms with Gasteiger partial charge in [0.15, 0.2) is 5.82 Å². The van der Waals surface area contributed by atoms with Crippen molar-refractivity contribution in [3.05, 3.63) is 35.7 Å². The molecule has 1 aromatic heterocycles. The van der Waals surface area contributed by atoms with Gasteiger partial charge in [-0.2, -0.15) is 15.0 Å². The second-order valence-electron chi connectivity index (χ2n) is 5.56. The number of hydrogen-bond donors (Lipinski definition) is 3. The molecule has 0 saturated carbocycles. The molecule has 2 heterocycles. The van der Waals surface area contributed by atoms with Crippen molar-refractivity contribution < 1.29 is 4.90 Å². The Bertz CT molecular complexity index is 604. The Hall–Kier alpha value is -2.21. The second kappa shape index (κ2) is 6.05. The average molecular weight is 285 g/mol. The number of anilines is 3. The van der Waals surface area contributed by atoms with Gasteiger partial charge in [0.05, 0.1) is 13.1 Å². The number of nitrogens with two attached hydrogens (primary N) is 1. The van der Waals surface area contributed by atoms with Gasteiger partial charge in [-0.25, -0.2) is 0 Å². The van der Waals surface area contributed by atoms with Gasteiger partial charge in [0.25, 0.3) is 0 Å². The summed E-state index contributed by atoms with van der Waals surface area (Å²) in [5.41, 5.74) is 7.97. The van der Waals surface area contributed by atoms with Crippen molar-refractivity contribution in [2.24, 2.45) is 0 Å². The highest BCUT2D eigenvalue weighted by Crippen LogP contribution is 2.14. The predicted octanol–water partition coefficient (Wildman–Crippen LogP) is 0.685. The fourth-order valence-electron chi connectivity index (χ4n) is 2.61. The lowest BCUT2D eigenvalue weighted by Crippen LogP contribution is -3.08. The lowest BCUT2D eigenvalue weighted by molar-refractivity contribution is -0.902. The summed E-state index contributed by atoms with van der Waals surface area (Å²) in [5.74, 6) is 1.54. The van der Waals surface area contributed by atoms with Crippen LogP contribution in [0.3, 0.4) is 0 Å². The quantitative estimate of drug-likeness (QED) is 0.770. The van der Waals surface area contributed by atoms with E-state index < -0.39 is 0 Å². The van der Waals surface area contributed by atoms with Crippen LogP contribution in [0, 0.1) is 6.92 Å². The van der Waals surface area contributed by atoms with E-state index in [1.54, 1.807) is 0 Å². The summed E-state index contributed by atoms with van der Waals surface area (Å²) in [6.45, 7) is 5.25. The van der Waals surface area contributed by atoms with E-state index in [9.17, 15) is 0 Å². The maximum atomic E-state index is 5.80. The summed E-state index contributed by atoms with van der Waals surface area (Å²) in [5, 5.41) is 3.19. The van der Waals surface area contributed by atoms with E-state index in [4.69, 9.17) is 5.73 Å². The van der Waals surface area contributed by atoms with Crippen molar-refractivity contribution in [1.82, 2.24) is 15.0 Å². The van der Waals surface area contributed by atoms with Crippen LogP contribution in [0.25, 0.3) is 0 Å². The summed E-state index contributed by atoms with van der Waals surface area (Å²) in [4.78, 5) is 14.4. The summed E-state index contributed by atoms with van der Waals surface area (Å²) >= 11 is 0. The Kier molecular flexibility index (Phi) is 3.96. The molecule has 0 bridgehead atoms. The molecule has 0 spiro atoms. The van der Waals surface area contributed by atoms with E-state index >= 15 is 0 Å². The Morgan fingerprint density at radius 2 is 1.81 bits per heavy atom. The first kappa shape index (κ1) is 13.8. The molecule has 0 unspecified atom stereocenters. The highest BCUT2D eigenvalue weighted by atomic mass is 15.2. The zero-order valence-corrected chi connectivity index (χ0v) is 12.3. The van der Waals surface area contributed by atoms with Gasteiger partial charge < -0.3 is 16.0 Å².